The van der Waals surface area contributed by atoms with Crippen LogP contribution >= 0.6 is 0 Å². The SMILES string of the molecule is CC[C@]1(O)C[C@H]2C[N@](CCc3c([nH]c4ccccc34)[C@@](C(=O)OC)(c3cc4c(cc3OC)N(C=O)[C@H]3[C@@](O)(C(=O)OC)[C@H](OC(C)=O)[C@]5(CC)C=CCN6CC[C@]43[C@@H]65)C2)C1.C[C@]12C=CC(=O)C=C1CC[C@@H]1[C@@H]2[C@@H](O)C[C@@]2(C)[C@H]1CC[C@]2(O)C(=O)CO.O=S(=O)(O)O. The Morgan fingerprint density at radius 1 is 0.879 bits per heavy atom. The van der Waals surface area contributed by atoms with Crippen LogP contribution in [0.4, 0.5) is 5.69 Å². The van der Waals surface area contributed by atoms with Crippen molar-refractivity contribution in [2.45, 2.75) is 157 Å². The molecule has 24 heteroatoms. The van der Waals surface area contributed by atoms with E-state index in [1.165, 1.54) is 33.2 Å². The quantitative estimate of drug-likeness (QED) is 0.0458. The number of nitrogens with zero attached hydrogens (tertiary/aromatic N) is 3. The number of rotatable bonds is 10. The maximum Gasteiger partial charge on any atom is 0.394 e. The fourth-order valence-corrected chi connectivity index (χ4v) is 20.3. The van der Waals surface area contributed by atoms with Crippen LogP contribution in [0, 0.1) is 39.9 Å². The molecule has 2 bridgehead atoms. The van der Waals surface area contributed by atoms with Crippen LogP contribution in [0.2, 0.25) is 0 Å². The van der Waals surface area contributed by atoms with Gasteiger partial charge in [0.25, 0.3) is 0 Å². The number of nitrogens with one attached hydrogen (secondary N) is 1. The zero-order chi connectivity index (χ0) is 66.0. The highest BCUT2D eigenvalue weighted by Gasteiger charge is 2.81. The molecule has 0 radical (unpaired) electrons. The minimum atomic E-state index is -4.67. The van der Waals surface area contributed by atoms with Gasteiger partial charge < -0.3 is 54.4 Å². The number of ketones is 2. The van der Waals surface area contributed by atoms with Crippen LogP contribution < -0.4 is 9.64 Å². The van der Waals surface area contributed by atoms with E-state index in [1.807, 2.05) is 63.3 Å². The number of carbonyl (C=O) groups excluding carboxylic acids is 6. The largest absolute Gasteiger partial charge is 0.496 e. The summed E-state index contributed by atoms with van der Waals surface area (Å²) in [6.45, 7) is 11.5. The lowest BCUT2D eigenvalue weighted by molar-refractivity contribution is -0.228. The Bertz CT molecular complexity index is 3670. The molecule has 91 heavy (non-hydrogen) atoms. The van der Waals surface area contributed by atoms with Crippen LogP contribution in [0.15, 0.2) is 72.4 Å². The van der Waals surface area contributed by atoms with E-state index in [0.717, 1.165) is 41.3 Å². The van der Waals surface area contributed by atoms with Crippen LogP contribution in [0.5, 0.6) is 5.75 Å². The summed E-state index contributed by atoms with van der Waals surface area (Å²) in [6.07, 6.45) is 13.5. The number of hydrogen-bond donors (Lipinski definition) is 8. The molecule has 1 spiro atoms. The van der Waals surface area contributed by atoms with Crippen molar-refractivity contribution in [3.05, 3.63) is 94.7 Å². The van der Waals surface area contributed by atoms with Gasteiger partial charge in [-0.2, -0.15) is 8.42 Å². The third-order valence-corrected chi connectivity index (χ3v) is 23.8. The van der Waals surface area contributed by atoms with Crippen molar-refractivity contribution >= 4 is 62.9 Å². The van der Waals surface area contributed by atoms with Crippen molar-refractivity contribution in [2.75, 3.05) is 65.6 Å². The van der Waals surface area contributed by atoms with Gasteiger partial charge in [-0.15, -0.1) is 0 Å². The molecule has 2 aromatic carbocycles. The Labute approximate surface area is 529 Å². The normalized spacial score (nSPS) is 38.9. The number of para-hydroxylation sites is 1. The molecule has 0 unspecified atom stereocenters. The number of aromatic nitrogens is 1. The number of aliphatic hydroxyl groups is 5. The molecule has 2 saturated heterocycles. The summed E-state index contributed by atoms with van der Waals surface area (Å²) in [5, 5.41) is 57.9. The van der Waals surface area contributed by atoms with E-state index in [0.29, 0.717) is 112 Å². The summed E-state index contributed by atoms with van der Waals surface area (Å²) in [4.78, 5) is 90.3. The molecule has 494 valence electrons. The number of ether oxygens (including phenoxy) is 4. The van der Waals surface area contributed by atoms with E-state index in [9.17, 15) is 49.5 Å². The van der Waals surface area contributed by atoms with Crippen molar-refractivity contribution in [2.24, 2.45) is 39.9 Å². The standard InChI is InChI=1S/C46H56N4O10.C21H28O5.H2O4S/c1-7-42(55)22-28-23-45(40(53)58-5,36-30(14-18-48(24-28)25-42)29-12-9-10-13-33(29)47-36)32-20-31-34(21-35(32)57-4)50(26-51)38-44(31)16-19-49-17-11-15-43(8-2,37(44)49)39(60-27(3)52)46(38,56)41(54)59-6;1-19-7-5-13(23)9-12(19)3-4-14-15-6-8-21(26,17(25)11-22)20(15,2)10-16(24)18(14)19;1-5(2,3)4/h9-13,15,20-21,26,28,37-39,47,55-56H,7-8,14,16-19,22-25H2,1-6H3;5,7,9,14-16,18,22,24,26H,3-4,6,8,10-11H2,1-2H3;(H2,1,2,3,4)/t28-,37+,38-,39-,42+,43-,44-,45+,46+;14-,15-,16-,18+,19-,20-,21-;/m10./s1. The van der Waals surface area contributed by atoms with Gasteiger partial charge >= 0.3 is 28.3 Å². The third kappa shape index (κ3) is 9.84. The number of anilines is 1. The predicted octanol–water partition coefficient (Wildman–Crippen LogP) is 4.42. The molecular formula is C67H86N4O19S. The molecule has 6 heterocycles. The summed E-state index contributed by atoms with van der Waals surface area (Å²) in [7, 11) is -0.577. The number of allylic oxidation sites excluding steroid dienone is 4. The maximum absolute atomic E-state index is 15.3. The first-order valence-electron chi connectivity index (χ1n) is 31.6. The number of amides is 1. The monoisotopic (exact) mass is 1280 g/mol. The van der Waals surface area contributed by atoms with Gasteiger partial charge in [-0.3, -0.25) is 42.9 Å². The summed E-state index contributed by atoms with van der Waals surface area (Å²) in [5.41, 5.74) is -4.69. The highest BCUT2D eigenvalue weighted by atomic mass is 32.3. The Kier molecular flexibility index (Phi) is 17.0. The van der Waals surface area contributed by atoms with E-state index in [2.05, 4.69) is 27.8 Å². The topological polar surface area (TPSA) is 341 Å². The Hall–Kier alpha value is -6.19. The first-order valence-corrected chi connectivity index (χ1v) is 33.0. The lowest BCUT2D eigenvalue weighted by Crippen LogP contribution is -2.81. The molecule has 4 saturated carbocycles. The molecule has 13 rings (SSSR count). The second-order valence-electron chi connectivity index (χ2n) is 27.7. The first-order chi connectivity index (χ1) is 42.9. The smallest absolute Gasteiger partial charge is 0.394 e. The second-order valence-corrected chi connectivity index (χ2v) is 28.6. The zero-order valence-corrected chi connectivity index (χ0v) is 53.7. The Balaban J connectivity index is 0.000000226. The average molecular weight is 1280 g/mol. The van der Waals surface area contributed by atoms with Crippen LogP contribution in [0.25, 0.3) is 10.9 Å². The van der Waals surface area contributed by atoms with Gasteiger partial charge in [0.15, 0.2) is 17.7 Å². The van der Waals surface area contributed by atoms with Gasteiger partial charge in [-0.25, -0.2) is 4.79 Å². The molecule has 8 N–H and O–H groups in total. The van der Waals surface area contributed by atoms with Gasteiger partial charge in [0.1, 0.15) is 23.4 Å². The number of aromatic amines is 1. The highest BCUT2D eigenvalue weighted by Crippen LogP contribution is 2.70. The minimum Gasteiger partial charge on any atom is -0.496 e. The molecule has 1 aromatic heterocycles. The molecule has 17 atom stereocenters. The minimum absolute atomic E-state index is 0.00912. The van der Waals surface area contributed by atoms with Crippen molar-refractivity contribution in [3.63, 3.8) is 0 Å². The van der Waals surface area contributed by atoms with Crippen LogP contribution in [-0.4, -0.2) is 195 Å². The van der Waals surface area contributed by atoms with Gasteiger partial charge in [-0.1, -0.05) is 69.7 Å². The van der Waals surface area contributed by atoms with E-state index in [-0.39, 0.29) is 41.3 Å². The van der Waals surface area contributed by atoms with E-state index >= 15 is 4.79 Å². The maximum atomic E-state index is 15.3. The van der Waals surface area contributed by atoms with E-state index in [1.54, 1.807) is 18.2 Å². The summed E-state index contributed by atoms with van der Waals surface area (Å²) in [6, 6.07) is 9.97. The molecule has 5 aliphatic carbocycles. The molecule has 6 fully saturated rings. The number of methoxy groups -OCH3 is 3. The Morgan fingerprint density at radius 2 is 1.59 bits per heavy atom. The molecular weight excluding hydrogens is 1200 g/mol. The van der Waals surface area contributed by atoms with Crippen molar-refractivity contribution in [1.82, 2.24) is 14.8 Å². The highest BCUT2D eigenvalue weighted by molar-refractivity contribution is 7.79. The van der Waals surface area contributed by atoms with E-state index < -0.39 is 103 Å². The summed E-state index contributed by atoms with van der Waals surface area (Å²) < 4.78 is 55.3. The van der Waals surface area contributed by atoms with Gasteiger partial charge in [-0.05, 0) is 130 Å². The number of esters is 3. The molecule has 3 aromatic rings. The zero-order valence-electron chi connectivity index (χ0n) is 52.8. The molecule has 1 amide bonds. The Morgan fingerprint density at radius 3 is 2.24 bits per heavy atom. The average Bonchev–Trinajstić information content (AvgIpc) is 1.51. The third-order valence-electron chi connectivity index (χ3n) is 23.8. The van der Waals surface area contributed by atoms with Crippen LogP contribution in [-0.2, 0) is 70.6 Å². The number of aliphatic hydroxyl groups excluding tert-OH is 2. The number of fused-ring (bicyclic) bond motifs is 11. The summed E-state index contributed by atoms with van der Waals surface area (Å²) in [5.74, 6) is -2.29. The number of piperidine rings is 1. The van der Waals surface area contributed by atoms with Gasteiger partial charge in [0.05, 0.1) is 44.8 Å². The molecule has 10 aliphatic rings. The van der Waals surface area contributed by atoms with Gasteiger partial charge in [0, 0.05) is 94.9 Å². The predicted molar refractivity (Wildman–Crippen MR) is 330 cm³/mol. The lowest BCUT2D eigenvalue weighted by atomic mass is 9.46. The number of H-pyrrole nitrogens is 1. The van der Waals surface area contributed by atoms with Crippen molar-refractivity contribution < 1.29 is 90.8 Å². The number of benzene rings is 2. The van der Waals surface area contributed by atoms with Gasteiger partial charge in [0.2, 0.25) is 12.0 Å². The fourth-order valence-electron chi connectivity index (χ4n) is 20.3. The second kappa shape index (κ2) is 23.4. The summed E-state index contributed by atoms with van der Waals surface area (Å²) >= 11 is 0. The van der Waals surface area contributed by atoms with Crippen LogP contribution in [0.3, 0.4) is 0 Å². The van der Waals surface area contributed by atoms with Crippen LogP contribution in [0.1, 0.15) is 121 Å². The molecule has 5 aliphatic heterocycles. The van der Waals surface area contributed by atoms with Crippen molar-refractivity contribution in [3.8, 4) is 5.75 Å². The lowest BCUT2D eigenvalue weighted by Gasteiger charge is -2.63. The number of carbonyl (C=O) groups is 6. The first kappa shape index (κ1) is 66.3. The fraction of sp³-hybridized carbons (Fsp3) is 0.612. The van der Waals surface area contributed by atoms with E-state index in [4.69, 9.17) is 36.5 Å². The van der Waals surface area contributed by atoms with Crippen molar-refractivity contribution in [1.29, 1.82) is 0 Å². The molecule has 23 nitrogen and oxygen atoms in total. The number of Topliss-reactive ketones (excluding diaryl/α,β-unsaturated/α-hetero) is 1. The number of hydrogen-bond acceptors (Lipinski definition) is 19.